The number of carbonyl (C=O) groups is 1. The smallest absolute Gasteiger partial charge is 0.305 e. The van der Waals surface area contributed by atoms with Crippen molar-refractivity contribution in [3.8, 4) is 0 Å². The standard InChI is InChI=1S/C15H24N4O2/c1-2-21-15(20)7-3-4-9-19-14(12-17-18-19)10-13-6-5-8-16-11-13/h10,12,16H,2-9,11H2,1H3. The predicted molar refractivity (Wildman–Crippen MR) is 80.6 cm³/mol. The fourth-order valence-corrected chi connectivity index (χ4v) is 2.43. The molecule has 1 fully saturated rings. The van der Waals surface area contributed by atoms with Gasteiger partial charge in [-0.25, -0.2) is 4.68 Å². The second-order valence-electron chi connectivity index (χ2n) is 5.23. The topological polar surface area (TPSA) is 69.0 Å². The van der Waals surface area contributed by atoms with Crippen LogP contribution in [0.2, 0.25) is 0 Å². The minimum atomic E-state index is -0.119. The number of esters is 1. The predicted octanol–water partition coefficient (Wildman–Crippen LogP) is 1.78. The Hall–Kier alpha value is -1.69. The van der Waals surface area contributed by atoms with Gasteiger partial charge in [0, 0.05) is 19.5 Å². The van der Waals surface area contributed by atoms with E-state index in [-0.39, 0.29) is 5.97 Å². The van der Waals surface area contributed by atoms with E-state index in [4.69, 9.17) is 4.74 Å². The van der Waals surface area contributed by atoms with Gasteiger partial charge in [-0.05, 0) is 45.2 Å². The highest BCUT2D eigenvalue weighted by Gasteiger charge is 2.08. The molecular weight excluding hydrogens is 268 g/mol. The van der Waals surface area contributed by atoms with Gasteiger partial charge in [0.05, 0.1) is 18.5 Å². The number of aryl methyl sites for hydroxylation is 1. The Morgan fingerprint density at radius 1 is 1.52 bits per heavy atom. The zero-order valence-corrected chi connectivity index (χ0v) is 12.7. The quantitative estimate of drug-likeness (QED) is 0.613. The third-order valence-electron chi connectivity index (χ3n) is 3.51. The number of hydrogen-bond acceptors (Lipinski definition) is 5. The van der Waals surface area contributed by atoms with Crippen LogP contribution in [0.15, 0.2) is 11.8 Å². The van der Waals surface area contributed by atoms with Crippen molar-refractivity contribution in [1.82, 2.24) is 20.3 Å². The number of ether oxygens (including phenoxy) is 1. The first-order chi connectivity index (χ1) is 10.3. The molecule has 116 valence electrons. The van der Waals surface area contributed by atoms with Crippen molar-refractivity contribution in [2.24, 2.45) is 0 Å². The number of rotatable bonds is 7. The summed E-state index contributed by atoms with van der Waals surface area (Å²) in [6.07, 6.45) is 8.49. The maximum atomic E-state index is 11.3. The molecule has 0 amide bonds. The van der Waals surface area contributed by atoms with Crippen molar-refractivity contribution < 1.29 is 9.53 Å². The maximum absolute atomic E-state index is 11.3. The summed E-state index contributed by atoms with van der Waals surface area (Å²) in [6, 6.07) is 0. The van der Waals surface area contributed by atoms with Crippen molar-refractivity contribution in [2.75, 3.05) is 19.7 Å². The van der Waals surface area contributed by atoms with Gasteiger partial charge in [0.2, 0.25) is 0 Å². The summed E-state index contributed by atoms with van der Waals surface area (Å²) in [5.41, 5.74) is 2.45. The zero-order chi connectivity index (χ0) is 14.9. The molecule has 1 aromatic rings. The summed E-state index contributed by atoms with van der Waals surface area (Å²) in [5, 5.41) is 11.5. The first kappa shape index (κ1) is 15.7. The van der Waals surface area contributed by atoms with Crippen molar-refractivity contribution in [2.45, 2.75) is 45.6 Å². The van der Waals surface area contributed by atoms with E-state index in [0.717, 1.165) is 44.6 Å². The van der Waals surface area contributed by atoms with E-state index in [9.17, 15) is 4.79 Å². The summed E-state index contributed by atoms with van der Waals surface area (Å²) in [4.78, 5) is 11.3. The van der Waals surface area contributed by atoms with E-state index in [1.54, 1.807) is 6.20 Å². The number of hydrogen-bond donors (Lipinski definition) is 1. The SMILES string of the molecule is CCOC(=O)CCCCn1nncc1C=C1CCCNC1. The van der Waals surface area contributed by atoms with E-state index in [1.807, 2.05) is 11.6 Å². The normalized spacial score (nSPS) is 17.1. The number of piperidine rings is 1. The first-order valence-electron chi connectivity index (χ1n) is 7.74. The second kappa shape index (κ2) is 8.56. The second-order valence-corrected chi connectivity index (χ2v) is 5.23. The number of nitrogens with zero attached hydrogens (tertiary/aromatic N) is 3. The van der Waals surface area contributed by atoms with Gasteiger partial charge in [-0.2, -0.15) is 0 Å². The van der Waals surface area contributed by atoms with Crippen LogP contribution in [0, 0.1) is 0 Å². The molecule has 0 spiro atoms. The Morgan fingerprint density at radius 2 is 2.43 bits per heavy atom. The Kier molecular flexibility index (Phi) is 6.40. The van der Waals surface area contributed by atoms with Crippen LogP contribution >= 0.6 is 0 Å². The molecule has 1 aromatic heterocycles. The number of aromatic nitrogens is 3. The van der Waals surface area contributed by atoms with Crippen molar-refractivity contribution in [3.05, 3.63) is 17.5 Å². The van der Waals surface area contributed by atoms with Crippen LogP contribution in [0.25, 0.3) is 6.08 Å². The molecule has 1 aliphatic heterocycles. The lowest BCUT2D eigenvalue weighted by molar-refractivity contribution is -0.143. The Bertz CT molecular complexity index is 474. The average molecular weight is 292 g/mol. The molecule has 21 heavy (non-hydrogen) atoms. The minimum absolute atomic E-state index is 0.119. The molecule has 6 nitrogen and oxygen atoms in total. The molecular formula is C15H24N4O2. The van der Waals surface area contributed by atoms with Crippen LogP contribution in [-0.4, -0.2) is 40.7 Å². The lowest BCUT2D eigenvalue weighted by atomic mass is 10.1. The maximum Gasteiger partial charge on any atom is 0.305 e. The van der Waals surface area contributed by atoms with E-state index in [1.165, 1.54) is 12.0 Å². The number of carbonyl (C=O) groups excluding carboxylic acids is 1. The molecule has 2 heterocycles. The van der Waals surface area contributed by atoms with Gasteiger partial charge < -0.3 is 10.1 Å². The highest BCUT2D eigenvalue weighted by molar-refractivity contribution is 5.69. The molecule has 0 aromatic carbocycles. The van der Waals surface area contributed by atoms with Crippen LogP contribution in [0.3, 0.4) is 0 Å². The van der Waals surface area contributed by atoms with E-state index in [0.29, 0.717) is 13.0 Å². The third kappa shape index (κ3) is 5.30. The van der Waals surface area contributed by atoms with E-state index < -0.39 is 0 Å². The fourth-order valence-electron chi connectivity index (χ4n) is 2.43. The average Bonchev–Trinajstić information content (AvgIpc) is 2.92. The Labute approximate surface area is 125 Å². The highest BCUT2D eigenvalue weighted by Crippen LogP contribution is 2.13. The molecule has 0 radical (unpaired) electrons. The third-order valence-corrected chi connectivity index (χ3v) is 3.51. The van der Waals surface area contributed by atoms with Crippen LogP contribution in [0.1, 0.15) is 44.7 Å². The van der Waals surface area contributed by atoms with Gasteiger partial charge >= 0.3 is 5.97 Å². The summed E-state index contributed by atoms with van der Waals surface area (Å²) in [5.74, 6) is -0.119. The molecule has 0 aliphatic carbocycles. The van der Waals surface area contributed by atoms with Crippen molar-refractivity contribution >= 4 is 12.0 Å². The molecule has 0 atom stereocenters. The van der Waals surface area contributed by atoms with Gasteiger partial charge in [0.25, 0.3) is 0 Å². The fraction of sp³-hybridized carbons (Fsp3) is 0.667. The minimum Gasteiger partial charge on any atom is -0.466 e. The molecule has 0 saturated carbocycles. The van der Waals surface area contributed by atoms with Gasteiger partial charge in [0.15, 0.2) is 0 Å². The van der Waals surface area contributed by atoms with Crippen LogP contribution in [-0.2, 0) is 16.1 Å². The van der Waals surface area contributed by atoms with Crippen LogP contribution < -0.4 is 5.32 Å². The molecule has 2 rings (SSSR count). The van der Waals surface area contributed by atoms with Gasteiger partial charge in [0.1, 0.15) is 0 Å². The van der Waals surface area contributed by atoms with Gasteiger partial charge in [-0.15, -0.1) is 5.10 Å². The number of nitrogens with one attached hydrogen (secondary N) is 1. The van der Waals surface area contributed by atoms with Gasteiger partial charge in [-0.1, -0.05) is 10.8 Å². The zero-order valence-electron chi connectivity index (χ0n) is 12.7. The van der Waals surface area contributed by atoms with Crippen molar-refractivity contribution in [3.63, 3.8) is 0 Å². The van der Waals surface area contributed by atoms with Gasteiger partial charge in [-0.3, -0.25) is 4.79 Å². The monoisotopic (exact) mass is 292 g/mol. The molecule has 1 saturated heterocycles. The van der Waals surface area contributed by atoms with Crippen molar-refractivity contribution in [1.29, 1.82) is 0 Å². The molecule has 6 heteroatoms. The summed E-state index contributed by atoms with van der Waals surface area (Å²) in [7, 11) is 0. The lowest BCUT2D eigenvalue weighted by Gasteiger charge is -2.15. The van der Waals surface area contributed by atoms with Crippen LogP contribution in [0.5, 0.6) is 0 Å². The highest BCUT2D eigenvalue weighted by atomic mass is 16.5. The summed E-state index contributed by atoms with van der Waals surface area (Å²) >= 11 is 0. The van der Waals surface area contributed by atoms with E-state index >= 15 is 0 Å². The van der Waals surface area contributed by atoms with E-state index in [2.05, 4.69) is 21.7 Å². The first-order valence-corrected chi connectivity index (χ1v) is 7.74. The Morgan fingerprint density at radius 3 is 3.19 bits per heavy atom. The molecule has 1 aliphatic rings. The van der Waals surface area contributed by atoms with Crippen LogP contribution in [0.4, 0.5) is 0 Å². The number of unbranched alkanes of at least 4 members (excludes halogenated alkanes) is 1. The molecule has 0 bridgehead atoms. The lowest BCUT2D eigenvalue weighted by Crippen LogP contribution is -2.23. The molecule has 1 N–H and O–H groups in total. The largest absolute Gasteiger partial charge is 0.466 e. The summed E-state index contributed by atoms with van der Waals surface area (Å²) < 4.78 is 6.82. The molecule has 0 unspecified atom stereocenters. The Balaban J connectivity index is 1.79. The summed E-state index contributed by atoms with van der Waals surface area (Å²) in [6.45, 7) is 5.11.